The van der Waals surface area contributed by atoms with Crippen molar-refractivity contribution in [2.24, 2.45) is 0 Å². The molecule has 1 rings (SSSR count). The van der Waals surface area contributed by atoms with Crippen LogP contribution in [0, 0.1) is 11.3 Å². The van der Waals surface area contributed by atoms with Crippen molar-refractivity contribution in [1.29, 1.82) is 5.26 Å². The van der Waals surface area contributed by atoms with E-state index in [1.165, 1.54) is 12.5 Å². The number of hydrogen-bond acceptors (Lipinski definition) is 5. The topological polar surface area (TPSA) is 89.5 Å². The number of aliphatic hydroxyl groups excluding tert-OH is 1. The van der Waals surface area contributed by atoms with Crippen molar-refractivity contribution in [2.45, 2.75) is 6.54 Å². The summed E-state index contributed by atoms with van der Waals surface area (Å²) in [5, 5.41) is 20.2. The molecular weight excluding hydrogens is 234 g/mol. The summed E-state index contributed by atoms with van der Waals surface area (Å²) in [6, 6.07) is 5.27. The molecule has 6 heteroatoms. The van der Waals surface area contributed by atoms with Crippen molar-refractivity contribution in [1.82, 2.24) is 10.2 Å². The van der Waals surface area contributed by atoms with Crippen LogP contribution in [-0.2, 0) is 11.3 Å². The standard InChI is InChI=1S/C12H15N3O3/c1-15(4-5-16)9-10(7-13)12(17)14-8-11-3-2-6-18-11/h2-3,6,9,16H,4-5,8H2,1H3,(H,14,17)/b10-9-. The molecule has 1 aromatic heterocycles. The molecule has 0 aliphatic rings. The summed E-state index contributed by atoms with van der Waals surface area (Å²) in [6.45, 7) is 0.547. The van der Waals surface area contributed by atoms with Crippen molar-refractivity contribution >= 4 is 5.91 Å². The molecule has 0 aliphatic heterocycles. The number of nitrogens with one attached hydrogen (secondary N) is 1. The Morgan fingerprint density at radius 3 is 3.06 bits per heavy atom. The number of rotatable bonds is 6. The highest BCUT2D eigenvalue weighted by molar-refractivity contribution is 5.96. The average Bonchev–Trinajstić information content (AvgIpc) is 2.86. The van der Waals surface area contributed by atoms with Gasteiger partial charge in [-0.3, -0.25) is 4.79 Å². The SMILES string of the molecule is CN(/C=C(/C#N)C(=O)NCc1ccco1)CCO. The number of hydrogen-bond donors (Lipinski definition) is 2. The molecule has 1 heterocycles. The fourth-order valence-corrected chi connectivity index (χ4v) is 1.26. The molecule has 0 aromatic carbocycles. The second kappa shape index (κ2) is 7.14. The summed E-state index contributed by atoms with van der Waals surface area (Å²) in [6.07, 6.45) is 2.91. The van der Waals surface area contributed by atoms with Gasteiger partial charge in [0.05, 0.1) is 19.4 Å². The van der Waals surface area contributed by atoms with Gasteiger partial charge in [0.25, 0.3) is 5.91 Å². The zero-order valence-electron chi connectivity index (χ0n) is 10.1. The maximum Gasteiger partial charge on any atom is 0.263 e. The van der Waals surface area contributed by atoms with Crippen LogP contribution in [0.3, 0.4) is 0 Å². The lowest BCUT2D eigenvalue weighted by Gasteiger charge is -2.12. The van der Waals surface area contributed by atoms with E-state index in [-0.39, 0.29) is 18.7 Å². The van der Waals surface area contributed by atoms with Gasteiger partial charge in [-0.1, -0.05) is 0 Å². The number of likely N-dealkylation sites (N-methyl/N-ethyl adjacent to an activating group) is 1. The van der Waals surface area contributed by atoms with Gasteiger partial charge in [0, 0.05) is 19.8 Å². The van der Waals surface area contributed by atoms with Gasteiger partial charge in [-0.05, 0) is 12.1 Å². The number of furan rings is 1. The summed E-state index contributed by atoms with van der Waals surface area (Å²) >= 11 is 0. The van der Waals surface area contributed by atoms with E-state index in [9.17, 15) is 4.79 Å². The van der Waals surface area contributed by atoms with E-state index in [0.717, 1.165) is 0 Å². The minimum Gasteiger partial charge on any atom is -0.467 e. The van der Waals surface area contributed by atoms with Crippen molar-refractivity contribution in [3.05, 3.63) is 35.9 Å². The van der Waals surface area contributed by atoms with Crippen molar-refractivity contribution in [3.8, 4) is 6.07 Å². The molecule has 0 radical (unpaired) electrons. The van der Waals surface area contributed by atoms with Crippen molar-refractivity contribution in [3.63, 3.8) is 0 Å². The fourth-order valence-electron chi connectivity index (χ4n) is 1.26. The molecule has 96 valence electrons. The first-order chi connectivity index (χ1) is 8.67. The van der Waals surface area contributed by atoms with Gasteiger partial charge >= 0.3 is 0 Å². The average molecular weight is 249 g/mol. The summed E-state index contributed by atoms with van der Waals surface area (Å²) in [4.78, 5) is 13.3. The lowest BCUT2D eigenvalue weighted by atomic mass is 10.3. The Kier molecular flexibility index (Phi) is 5.48. The third-order valence-electron chi connectivity index (χ3n) is 2.17. The Hall–Kier alpha value is -2.26. The Bertz CT molecular complexity index is 446. The molecule has 6 nitrogen and oxygen atoms in total. The summed E-state index contributed by atoms with van der Waals surface area (Å²) in [5.74, 6) is 0.142. The Morgan fingerprint density at radius 2 is 2.50 bits per heavy atom. The molecule has 0 fully saturated rings. The number of nitrogens with zero attached hydrogens (tertiary/aromatic N) is 2. The maximum absolute atomic E-state index is 11.7. The van der Waals surface area contributed by atoms with E-state index in [4.69, 9.17) is 14.8 Å². The summed E-state index contributed by atoms with van der Waals surface area (Å²) in [5.41, 5.74) is -0.0162. The number of nitriles is 1. The van der Waals surface area contributed by atoms with Crippen LogP contribution in [0.25, 0.3) is 0 Å². The van der Waals surface area contributed by atoms with E-state index < -0.39 is 5.91 Å². The molecule has 1 aromatic rings. The molecule has 0 atom stereocenters. The summed E-state index contributed by atoms with van der Waals surface area (Å²) in [7, 11) is 1.67. The Balaban J connectivity index is 2.55. The minimum atomic E-state index is -0.473. The second-order valence-electron chi connectivity index (χ2n) is 3.62. The molecule has 2 N–H and O–H groups in total. The van der Waals surface area contributed by atoms with Crippen LogP contribution in [0.15, 0.2) is 34.6 Å². The lowest BCUT2D eigenvalue weighted by molar-refractivity contribution is -0.117. The van der Waals surface area contributed by atoms with Crippen LogP contribution in [0.5, 0.6) is 0 Å². The molecule has 0 saturated heterocycles. The number of carbonyl (C=O) groups is 1. The van der Waals surface area contributed by atoms with Crippen LogP contribution >= 0.6 is 0 Å². The van der Waals surface area contributed by atoms with Crippen molar-refractivity contribution in [2.75, 3.05) is 20.2 Å². The third-order valence-corrected chi connectivity index (χ3v) is 2.17. The highest BCUT2D eigenvalue weighted by Gasteiger charge is 2.10. The normalized spacial score (nSPS) is 10.8. The number of amides is 1. The molecule has 0 bridgehead atoms. The number of carbonyl (C=O) groups excluding carboxylic acids is 1. The van der Waals surface area contributed by atoms with Gasteiger partial charge in [0.2, 0.25) is 0 Å². The lowest BCUT2D eigenvalue weighted by Crippen LogP contribution is -2.26. The van der Waals surface area contributed by atoms with E-state index in [1.807, 2.05) is 6.07 Å². The zero-order valence-corrected chi connectivity index (χ0v) is 10.1. The Labute approximate surface area is 105 Å². The minimum absolute atomic E-state index is 0.0162. The van der Waals surface area contributed by atoms with Gasteiger partial charge in [-0.15, -0.1) is 0 Å². The third kappa shape index (κ3) is 4.31. The summed E-state index contributed by atoms with van der Waals surface area (Å²) < 4.78 is 5.06. The zero-order chi connectivity index (χ0) is 13.4. The molecule has 0 spiro atoms. The van der Waals surface area contributed by atoms with Crippen molar-refractivity contribution < 1.29 is 14.3 Å². The van der Waals surface area contributed by atoms with E-state index in [0.29, 0.717) is 12.3 Å². The highest BCUT2D eigenvalue weighted by atomic mass is 16.3. The smallest absolute Gasteiger partial charge is 0.263 e. The molecular formula is C12H15N3O3. The van der Waals surface area contributed by atoms with E-state index >= 15 is 0 Å². The van der Waals surface area contributed by atoms with E-state index in [2.05, 4.69) is 5.32 Å². The Morgan fingerprint density at radius 1 is 1.72 bits per heavy atom. The predicted molar refractivity (Wildman–Crippen MR) is 64.0 cm³/mol. The molecule has 0 saturated carbocycles. The van der Waals surface area contributed by atoms with Crippen LogP contribution in [0.1, 0.15) is 5.76 Å². The second-order valence-corrected chi connectivity index (χ2v) is 3.62. The number of aliphatic hydroxyl groups is 1. The predicted octanol–water partition coefficient (Wildman–Crippen LogP) is 0.227. The molecule has 1 amide bonds. The van der Waals surface area contributed by atoms with E-state index in [1.54, 1.807) is 24.1 Å². The molecule has 0 aliphatic carbocycles. The monoisotopic (exact) mass is 249 g/mol. The van der Waals surface area contributed by atoms with Gasteiger partial charge < -0.3 is 19.7 Å². The van der Waals surface area contributed by atoms with Gasteiger partial charge in [0.15, 0.2) is 0 Å². The fraction of sp³-hybridized carbons (Fsp3) is 0.333. The van der Waals surface area contributed by atoms with Crippen LogP contribution < -0.4 is 5.32 Å². The van der Waals surface area contributed by atoms with Gasteiger partial charge in [-0.2, -0.15) is 5.26 Å². The first-order valence-corrected chi connectivity index (χ1v) is 5.41. The van der Waals surface area contributed by atoms with Gasteiger partial charge in [-0.25, -0.2) is 0 Å². The molecule has 18 heavy (non-hydrogen) atoms. The quantitative estimate of drug-likeness (QED) is 0.556. The van der Waals surface area contributed by atoms with Gasteiger partial charge in [0.1, 0.15) is 17.4 Å². The maximum atomic E-state index is 11.7. The van der Waals surface area contributed by atoms with Crippen LogP contribution in [-0.4, -0.2) is 36.1 Å². The first kappa shape index (κ1) is 13.8. The largest absolute Gasteiger partial charge is 0.467 e. The van der Waals surface area contributed by atoms with Crippen LogP contribution in [0.2, 0.25) is 0 Å². The highest BCUT2D eigenvalue weighted by Crippen LogP contribution is 2.01. The molecule has 0 unspecified atom stereocenters. The van der Waals surface area contributed by atoms with Crippen LogP contribution in [0.4, 0.5) is 0 Å². The first-order valence-electron chi connectivity index (χ1n) is 5.41.